The predicted octanol–water partition coefficient (Wildman–Crippen LogP) is 1.37. The van der Waals surface area contributed by atoms with Crippen LogP contribution in [0.15, 0.2) is 0 Å². The van der Waals surface area contributed by atoms with E-state index in [4.69, 9.17) is 15.6 Å². The van der Waals surface area contributed by atoms with Crippen molar-refractivity contribution in [2.24, 2.45) is 11.7 Å². The number of aliphatic carboxylic acids is 1. The van der Waals surface area contributed by atoms with Crippen molar-refractivity contribution in [3.8, 4) is 0 Å². The highest BCUT2D eigenvalue weighted by molar-refractivity contribution is 5.81. The molecule has 8 heteroatoms. The standard InChI is InChI=1S/C10H18N2O.C2HF3O2/c11-9-3-1-2-6-12(10(9)13)7-8-4-5-8;3-2(4,5)1(6)7/h8-9H,1-7,11H2;(H,6,7)/t9-;/m1./s1. The van der Waals surface area contributed by atoms with E-state index in [0.717, 1.165) is 38.3 Å². The Morgan fingerprint density at radius 2 is 1.85 bits per heavy atom. The molecule has 0 aromatic rings. The van der Waals surface area contributed by atoms with E-state index in [1.807, 2.05) is 4.90 Å². The highest BCUT2D eigenvalue weighted by Gasteiger charge is 2.38. The molecule has 2 aliphatic rings. The van der Waals surface area contributed by atoms with E-state index in [2.05, 4.69) is 0 Å². The molecule has 0 aromatic carbocycles. The Kier molecular flexibility index (Phi) is 5.79. The lowest BCUT2D eigenvalue weighted by Gasteiger charge is -2.22. The zero-order valence-electron chi connectivity index (χ0n) is 11.0. The average molecular weight is 296 g/mol. The van der Waals surface area contributed by atoms with E-state index < -0.39 is 12.1 Å². The summed E-state index contributed by atoms with van der Waals surface area (Å²) in [6, 6.07) is -0.221. The molecule has 1 atom stereocenters. The van der Waals surface area contributed by atoms with E-state index in [9.17, 15) is 18.0 Å². The van der Waals surface area contributed by atoms with Crippen LogP contribution in [0.25, 0.3) is 0 Å². The summed E-state index contributed by atoms with van der Waals surface area (Å²) in [6.45, 7) is 1.90. The molecule has 2 fully saturated rings. The number of likely N-dealkylation sites (tertiary alicyclic amines) is 1. The van der Waals surface area contributed by atoms with E-state index in [1.165, 1.54) is 12.8 Å². The maximum Gasteiger partial charge on any atom is 0.490 e. The zero-order valence-corrected chi connectivity index (χ0v) is 11.0. The Bertz CT molecular complexity index is 356. The Labute approximate surface area is 114 Å². The van der Waals surface area contributed by atoms with E-state index in [1.54, 1.807) is 0 Å². The zero-order chi connectivity index (χ0) is 15.3. The molecule has 2 rings (SSSR count). The van der Waals surface area contributed by atoms with Crippen LogP contribution < -0.4 is 5.73 Å². The Balaban J connectivity index is 0.000000246. The molecule has 1 aliphatic carbocycles. The summed E-state index contributed by atoms with van der Waals surface area (Å²) >= 11 is 0. The lowest BCUT2D eigenvalue weighted by molar-refractivity contribution is -0.192. The Morgan fingerprint density at radius 1 is 1.30 bits per heavy atom. The number of amides is 1. The molecule has 1 saturated heterocycles. The van der Waals surface area contributed by atoms with Gasteiger partial charge in [-0.05, 0) is 38.0 Å². The molecule has 5 nitrogen and oxygen atoms in total. The summed E-state index contributed by atoms with van der Waals surface area (Å²) in [6.07, 6.45) is 0.637. The Hall–Kier alpha value is -1.31. The molecule has 0 spiro atoms. The van der Waals surface area contributed by atoms with Gasteiger partial charge in [-0.3, -0.25) is 4.79 Å². The fourth-order valence-electron chi connectivity index (χ4n) is 1.93. The van der Waals surface area contributed by atoms with Crippen molar-refractivity contribution in [3.05, 3.63) is 0 Å². The van der Waals surface area contributed by atoms with Crippen molar-refractivity contribution in [1.29, 1.82) is 0 Å². The number of rotatable bonds is 2. The van der Waals surface area contributed by atoms with Crippen molar-refractivity contribution in [2.75, 3.05) is 13.1 Å². The van der Waals surface area contributed by atoms with E-state index >= 15 is 0 Å². The van der Waals surface area contributed by atoms with Crippen LogP contribution in [-0.2, 0) is 9.59 Å². The molecule has 3 N–H and O–H groups in total. The maximum atomic E-state index is 11.7. The van der Waals surface area contributed by atoms with Gasteiger partial charge in [-0.2, -0.15) is 13.2 Å². The largest absolute Gasteiger partial charge is 0.490 e. The van der Waals surface area contributed by atoms with Crippen LogP contribution in [0, 0.1) is 5.92 Å². The van der Waals surface area contributed by atoms with Gasteiger partial charge in [0.2, 0.25) is 5.91 Å². The number of hydrogen-bond acceptors (Lipinski definition) is 3. The molecule has 116 valence electrons. The lowest BCUT2D eigenvalue weighted by Crippen LogP contribution is -2.43. The van der Waals surface area contributed by atoms with Crippen molar-refractivity contribution in [2.45, 2.75) is 44.3 Å². The molecular weight excluding hydrogens is 277 g/mol. The van der Waals surface area contributed by atoms with Crippen LogP contribution in [0.3, 0.4) is 0 Å². The molecule has 0 aromatic heterocycles. The minimum absolute atomic E-state index is 0.185. The quantitative estimate of drug-likeness (QED) is 0.806. The number of halogens is 3. The molecule has 0 bridgehead atoms. The summed E-state index contributed by atoms with van der Waals surface area (Å²) in [5.74, 6) is -1.79. The molecule has 1 heterocycles. The third-order valence-electron chi connectivity index (χ3n) is 3.24. The molecule has 1 saturated carbocycles. The van der Waals surface area contributed by atoms with Crippen LogP contribution in [0.1, 0.15) is 32.1 Å². The number of carbonyl (C=O) groups is 2. The van der Waals surface area contributed by atoms with Gasteiger partial charge in [0, 0.05) is 13.1 Å². The summed E-state index contributed by atoms with van der Waals surface area (Å²) in [4.78, 5) is 22.6. The first-order valence-corrected chi connectivity index (χ1v) is 6.56. The van der Waals surface area contributed by atoms with Gasteiger partial charge in [-0.1, -0.05) is 0 Å². The summed E-state index contributed by atoms with van der Waals surface area (Å²) in [7, 11) is 0. The molecular formula is C12H19F3N2O3. The second kappa shape index (κ2) is 6.92. The average Bonchev–Trinajstić information content (AvgIpc) is 3.15. The minimum Gasteiger partial charge on any atom is -0.475 e. The number of nitrogens with two attached hydrogens (primary N) is 1. The molecule has 1 aliphatic heterocycles. The molecule has 0 radical (unpaired) electrons. The highest BCUT2D eigenvalue weighted by Crippen LogP contribution is 2.30. The number of carboxylic acid groups (broad SMARTS) is 1. The number of nitrogens with zero attached hydrogens (tertiary/aromatic N) is 1. The minimum atomic E-state index is -5.08. The van der Waals surface area contributed by atoms with Crippen molar-refractivity contribution in [3.63, 3.8) is 0 Å². The van der Waals surface area contributed by atoms with Crippen molar-refractivity contribution >= 4 is 11.9 Å². The van der Waals surface area contributed by atoms with Gasteiger partial charge >= 0.3 is 12.1 Å². The fourth-order valence-corrected chi connectivity index (χ4v) is 1.93. The van der Waals surface area contributed by atoms with Crippen LogP contribution in [0.4, 0.5) is 13.2 Å². The van der Waals surface area contributed by atoms with Gasteiger partial charge in [-0.15, -0.1) is 0 Å². The van der Waals surface area contributed by atoms with E-state index in [-0.39, 0.29) is 11.9 Å². The SMILES string of the molecule is N[C@@H]1CCCCN(CC2CC2)C1=O.O=C(O)C(F)(F)F. The van der Waals surface area contributed by atoms with Gasteiger partial charge in [0.25, 0.3) is 0 Å². The first kappa shape index (κ1) is 16.7. The molecule has 1 amide bonds. The fraction of sp³-hybridized carbons (Fsp3) is 0.833. The Morgan fingerprint density at radius 3 is 2.30 bits per heavy atom. The van der Waals surface area contributed by atoms with Gasteiger partial charge in [0.1, 0.15) is 0 Å². The highest BCUT2D eigenvalue weighted by atomic mass is 19.4. The second-order valence-corrected chi connectivity index (χ2v) is 5.13. The summed E-state index contributed by atoms with van der Waals surface area (Å²) in [5, 5.41) is 7.12. The topological polar surface area (TPSA) is 83.6 Å². The lowest BCUT2D eigenvalue weighted by atomic mass is 10.1. The second-order valence-electron chi connectivity index (χ2n) is 5.13. The monoisotopic (exact) mass is 296 g/mol. The van der Waals surface area contributed by atoms with Gasteiger partial charge < -0.3 is 15.7 Å². The van der Waals surface area contributed by atoms with Gasteiger partial charge in [-0.25, -0.2) is 4.79 Å². The smallest absolute Gasteiger partial charge is 0.475 e. The predicted molar refractivity (Wildman–Crippen MR) is 64.8 cm³/mol. The van der Waals surface area contributed by atoms with Gasteiger partial charge in [0.15, 0.2) is 0 Å². The summed E-state index contributed by atoms with van der Waals surface area (Å²) in [5.41, 5.74) is 5.77. The molecule has 20 heavy (non-hydrogen) atoms. The normalized spacial score (nSPS) is 23.7. The number of carboxylic acids is 1. The molecule has 0 unspecified atom stereocenters. The van der Waals surface area contributed by atoms with Crippen molar-refractivity contribution in [1.82, 2.24) is 4.90 Å². The first-order valence-electron chi connectivity index (χ1n) is 6.56. The number of hydrogen-bond donors (Lipinski definition) is 2. The summed E-state index contributed by atoms with van der Waals surface area (Å²) < 4.78 is 31.7. The van der Waals surface area contributed by atoms with Crippen LogP contribution in [0.5, 0.6) is 0 Å². The van der Waals surface area contributed by atoms with Crippen molar-refractivity contribution < 1.29 is 27.9 Å². The van der Waals surface area contributed by atoms with Crippen LogP contribution >= 0.6 is 0 Å². The third kappa shape index (κ3) is 5.77. The van der Waals surface area contributed by atoms with Crippen LogP contribution in [-0.4, -0.2) is 47.2 Å². The third-order valence-corrected chi connectivity index (χ3v) is 3.24. The first-order chi connectivity index (χ1) is 9.21. The number of carbonyl (C=O) groups excluding carboxylic acids is 1. The van der Waals surface area contributed by atoms with E-state index in [0.29, 0.717) is 0 Å². The van der Waals surface area contributed by atoms with Gasteiger partial charge in [0.05, 0.1) is 6.04 Å². The van der Waals surface area contributed by atoms with Crippen LogP contribution in [0.2, 0.25) is 0 Å². The number of alkyl halides is 3. The maximum absolute atomic E-state index is 11.7.